The number of ether oxygens (including phenoxy) is 1. The highest BCUT2D eigenvalue weighted by Gasteiger charge is 2.16. The molecule has 132 valence electrons. The number of carbonyl (C=O) groups excluding carboxylic acids is 2. The number of hydrogen-bond donors (Lipinski definition) is 2. The molecule has 2 aromatic carbocycles. The van der Waals surface area contributed by atoms with Crippen LogP contribution in [0.1, 0.15) is 17.3 Å². The molecule has 0 spiro atoms. The van der Waals surface area contributed by atoms with E-state index in [1.807, 2.05) is 6.07 Å². The Morgan fingerprint density at radius 2 is 1.68 bits per heavy atom. The van der Waals surface area contributed by atoms with Crippen LogP contribution in [0.25, 0.3) is 0 Å². The van der Waals surface area contributed by atoms with E-state index in [1.165, 1.54) is 0 Å². The van der Waals surface area contributed by atoms with Crippen LogP contribution in [0.15, 0.2) is 48.5 Å². The molecule has 2 amide bonds. The molecule has 0 aliphatic rings. The van der Waals surface area contributed by atoms with Crippen LogP contribution < -0.4 is 15.4 Å². The van der Waals surface area contributed by atoms with Crippen molar-refractivity contribution in [1.82, 2.24) is 10.6 Å². The van der Waals surface area contributed by atoms with Gasteiger partial charge in [-0.3, -0.25) is 9.59 Å². The Kier molecular flexibility index (Phi) is 7.10. The summed E-state index contributed by atoms with van der Waals surface area (Å²) in [4.78, 5) is 23.9. The summed E-state index contributed by atoms with van der Waals surface area (Å²) < 4.78 is 5.52. The van der Waals surface area contributed by atoms with Crippen LogP contribution in [0.4, 0.5) is 0 Å². The molecule has 2 aromatic rings. The minimum Gasteiger partial charge on any atom is -0.479 e. The van der Waals surface area contributed by atoms with Crippen molar-refractivity contribution in [2.24, 2.45) is 0 Å². The maximum Gasteiger partial charge on any atom is 0.260 e. The highest BCUT2D eigenvalue weighted by atomic mass is 35.5. The van der Waals surface area contributed by atoms with Crippen molar-refractivity contribution in [2.45, 2.75) is 13.0 Å². The van der Waals surface area contributed by atoms with Crippen LogP contribution in [-0.4, -0.2) is 31.0 Å². The van der Waals surface area contributed by atoms with Gasteiger partial charge in [-0.05, 0) is 31.2 Å². The summed E-state index contributed by atoms with van der Waals surface area (Å²) in [6, 6.07) is 13.8. The molecule has 1 atom stereocenters. The first kappa shape index (κ1) is 19.1. The first-order valence-corrected chi connectivity index (χ1v) is 8.46. The molecular weight excluding hydrogens is 363 g/mol. The molecule has 0 heterocycles. The molecule has 2 rings (SSSR count). The van der Waals surface area contributed by atoms with Crippen molar-refractivity contribution in [3.63, 3.8) is 0 Å². The monoisotopic (exact) mass is 380 g/mol. The van der Waals surface area contributed by atoms with E-state index >= 15 is 0 Å². The summed E-state index contributed by atoms with van der Waals surface area (Å²) in [5, 5.41) is 6.04. The average molecular weight is 381 g/mol. The fraction of sp³-hybridized carbons (Fsp3) is 0.222. The van der Waals surface area contributed by atoms with E-state index in [-0.39, 0.29) is 23.4 Å². The maximum absolute atomic E-state index is 12.0. The number of benzene rings is 2. The molecule has 0 unspecified atom stereocenters. The summed E-state index contributed by atoms with van der Waals surface area (Å²) in [6.07, 6.45) is -0.749. The van der Waals surface area contributed by atoms with E-state index < -0.39 is 6.10 Å². The van der Waals surface area contributed by atoms with Gasteiger partial charge in [0.2, 0.25) is 0 Å². The zero-order valence-corrected chi connectivity index (χ0v) is 15.1. The van der Waals surface area contributed by atoms with Crippen LogP contribution in [0.5, 0.6) is 5.75 Å². The predicted octanol–water partition coefficient (Wildman–Crippen LogP) is 3.31. The van der Waals surface area contributed by atoms with Crippen molar-refractivity contribution >= 4 is 35.0 Å². The van der Waals surface area contributed by atoms with Crippen molar-refractivity contribution in [3.8, 4) is 5.75 Å². The number of nitrogens with one attached hydrogen (secondary N) is 2. The quantitative estimate of drug-likeness (QED) is 0.724. The van der Waals surface area contributed by atoms with Gasteiger partial charge in [-0.1, -0.05) is 47.5 Å². The fourth-order valence-corrected chi connectivity index (χ4v) is 2.35. The second-order valence-electron chi connectivity index (χ2n) is 5.22. The highest BCUT2D eigenvalue weighted by molar-refractivity contribution is 6.42. The van der Waals surface area contributed by atoms with Gasteiger partial charge in [-0.15, -0.1) is 0 Å². The minimum atomic E-state index is -0.749. The Hall–Kier alpha value is -2.24. The van der Waals surface area contributed by atoms with Gasteiger partial charge in [0.05, 0.1) is 5.02 Å². The largest absolute Gasteiger partial charge is 0.479 e. The van der Waals surface area contributed by atoms with Crippen LogP contribution >= 0.6 is 23.2 Å². The molecule has 0 saturated carbocycles. The summed E-state index contributed by atoms with van der Waals surface area (Å²) in [5.41, 5.74) is 0.570. The molecule has 0 fully saturated rings. The molecule has 0 radical (unpaired) electrons. The van der Waals surface area contributed by atoms with Crippen LogP contribution in [0.3, 0.4) is 0 Å². The van der Waals surface area contributed by atoms with Crippen molar-refractivity contribution in [1.29, 1.82) is 0 Å². The Bertz CT molecular complexity index is 738. The van der Waals surface area contributed by atoms with Crippen molar-refractivity contribution in [3.05, 3.63) is 64.1 Å². The van der Waals surface area contributed by atoms with Gasteiger partial charge in [0.1, 0.15) is 10.8 Å². The number of amides is 2. The van der Waals surface area contributed by atoms with E-state index in [9.17, 15) is 9.59 Å². The molecule has 0 bridgehead atoms. The summed E-state index contributed by atoms with van der Waals surface area (Å²) in [5.74, 6) is -0.163. The van der Waals surface area contributed by atoms with E-state index in [1.54, 1.807) is 49.4 Å². The van der Waals surface area contributed by atoms with Crippen molar-refractivity contribution in [2.75, 3.05) is 13.1 Å². The average Bonchev–Trinajstić information content (AvgIpc) is 2.62. The normalized spacial score (nSPS) is 11.5. The number of carbonyl (C=O) groups is 2. The molecule has 7 heteroatoms. The lowest BCUT2D eigenvalue weighted by molar-refractivity contribution is -0.127. The maximum atomic E-state index is 12.0. The third kappa shape index (κ3) is 5.66. The Balaban J connectivity index is 1.74. The Morgan fingerprint density at radius 3 is 2.40 bits per heavy atom. The van der Waals surface area contributed by atoms with Gasteiger partial charge >= 0.3 is 0 Å². The lowest BCUT2D eigenvalue weighted by atomic mass is 10.2. The van der Waals surface area contributed by atoms with Crippen LogP contribution in [0.2, 0.25) is 10.0 Å². The van der Waals surface area contributed by atoms with E-state index in [4.69, 9.17) is 27.9 Å². The van der Waals surface area contributed by atoms with Gasteiger partial charge in [0, 0.05) is 18.7 Å². The van der Waals surface area contributed by atoms with Gasteiger partial charge in [0.15, 0.2) is 6.10 Å². The molecule has 0 aliphatic heterocycles. The Morgan fingerprint density at radius 1 is 1.00 bits per heavy atom. The topological polar surface area (TPSA) is 67.4 Å². The first-order valence-electron chi connectivity index (χ1n) is 7.70. The zero-order chi connectivity index (χ0) is 18.2. The summed E-state index contributed by atoms with van der Waals surface area (Å²) >= 11 is 11.9. The minimum absolute atomic E-state index is 0.190. The summed E-state index contributed by atoms with van der Waals surface area (Å²) in [6.45, 7) is 2.20. The fourth-order valence-electron chi connectivity index (χ4n) is 2.02. The van der Waals surface area contributed by atoms with Gasteiger partial charge < -0.3 is 15.4 Å². The lowest BCUT2D eigenvalue weighted by Gasteiger charge is -2.16. The summed E-state index contributed by atoms with van der Waals surface area (Å²) in [7, 11) is 0. The first-order chi connectivity index (χ1) is 12.0. The van der Waals surface area contributed by atoms with E-state index in [2.05, 4.69) is 10.6 Å². The highest BCUT2D eigenvalue weighted by Crippen LogP contribution is 2.32. The second kappa shape index (κ2) is 9.30. The Labute approximate surface area is 156 Å². The van der Waals surface area contributed by atoms with Gasteiger partial charge in [-0.25, -0.2) is 0 Å². The molecule has 5 nitrogen and oxygen atoms in total. The molecule has 0 aromatic heterocycles. The van der Waals surface area contributed by atoms with Gasteiger partial charge in [-0.2, -0.15) is 0 Å². The zero-order valence-electron chi connectivity index (χ0n) is 13.6. The number of halogens is 2. The third-order valence-electron chi connectivity index (χ3n) is 3.33. The van der Waals surface area contributed by atoms with E-state index in [0.29, 0.717) is 22.9 Å². The van der Waals surface area contributed by atoms with Gasteiger partial charge in [0.25, 0.3) is 11.8 Å². The van der Waals surface area contributed by atoms with Crippen molar-refractivity contribution < 1.29 is 14.3 Å². The molecular formula is C18H18Cl2N2O3. The number of hydrogen-bond acceptors (Lipinski definition) is 3. The predicted molar refractivity (Wildman–Crippen MR) is 98.3 cm³/mol. The van der Waals surface area contributed by atoms with E-state index in [0.717, 1.165) is 0 Å². The molecule has 25 heavy (non-hydrogen) atoms. The van der Waals surface area contributed by atoms with Crippen LogP contribution in [-0.2, 0) is 4.79 Å². The second-order valence-corrected chi connectivity index (χ2v) is 6.01. The molecule has 2 N–H and O–H groups in total. The third-order valence-corrected chi connectivity index (χ3v) is 4.14. The molecule has 0 aliphatic carbocycles. The molecule has 0 saturated heterocycles. The standard InChI is InChI=1S/C18H18Cl2N2O3/c1-12(25-15-9-5-8-14(19)16(15)20)17(23)21-10-11-22-18(24)13-6-3-2-4-7-13/h2-9,12H,10-11H2,1H3,(H,21,23)(H,22,24)/t12-/m0/s1. The lowest BCUT2D eigenvalue weighted by Crippen LogP contribution is -2.40. The van der Waals surface area contributed by atoms with Crippen LogP contribution in [0, 0.1) is 0 Å². The number of rotatable bonds is 7. The smallest absolute Gasteiger partial charge is 0.260 e. The SMILES string of the molecule is C[C@H](Oc1cccc(Cl)c1Cl)C(=O)NCCNC(=O)c1ccccc1.